The summed E-state index contributed by atoms with van der Waals surface area (Å²) in [6, 6.07) is 2.00. The van der Waals surface area contributed by atoms with Crippen LogP contribution < -0.4 is 0 Å². The third kappa shape index (κ3) is 5.01. The number of nitrogens with zero attached hydrogens (tertiary/aromatic N) is 1. The topological polar surface area (TPSA) is 76.4 Å². The highest BCUT2D eigenvalue weighted by Crippen LogP contribution is 2.13. The molecule has 0 fully saturated rings. The lowest BCUT2D eigenvalue weighted by atomic mass is 10.0. The maximum atomic E-state index is 11.2. The molecule has 0 amide bonds. The largest absolute Gasteiger partial charge is 0.468 e. The molecule has 0 saturated heterocycles. The molecule has 0 unspecified atom stereocenters. The number of carbonyl (C=O) groups excluding carboxylic acids is 2. The van der Waals surface area contributed by atoms with Crippen LogP contribution in [-0.2, 0) is 19.1 Å². The van der Waals surface area contributed by atoms with Gasteiger partial charge < -0.3 is 9.47 Å². The van der Waals surface area contributed by atoms with E-state index in [1.807, 2.05) is 6.07 Å². The van der Waals surface area contributed by atoms with Crippen molar-refractivity contribution in [1.29, 1.82) is 5.26 Å². The van der Waals surface area contributed by atoms with Crippen molar-refractivity contribution in [3.8, 4) is 6.07 Å². The number of esters is 2. The lowest BCUT2D eigenvalue weighted by molar-refractivity contribution is -0.159. The molecule has 5 heteroatoms. The van der Waals surface area contributed by atoms with Gasteiger partial charge >= 0.3 is 11.9 Å². The van der Waals surface area contributed by atoms with Gasteiger partial charge in [0, 0.05) is 6.42 Å². The van der Waals surface area contributed by atoms with Crippen LogP contribution in [0.4, 0.5) is 0 Å². The summed E-state index contributed by atoms with van der Waals surface area (Å²) in [4.78, 5) is 22.4. The first-order valence-corrected chi connectivity index (χ1v) is 4.70. The van der Waals surface area contributed by atoms with E-state index in [1.165, 1.54) is 14.2 Å². The third-order valence-corrected chi connectivity index (χ3v) is 2.00. The molecule has 0 aliphatic heterocycles. The fourth-order valence-corrected chi connectivity index (χ4v) is 1.17. The smallest absolute Gasteiger partial charge is 0.320 e. The Hall–Kier alpha value is -1.57. The summed E-state index contributed by atoms with van der Waals surface area (Å²) in [5.41, 5.74) is 0. The number of unbranched alkanes of at least 4 members (excludes halogenated alkanes) is 2. The van der Waals surface area contributed by atoms with Crippen molar-refractivity contribution in [2.24, 2.45) is 5.92 Å². The van der Waals surface area contributed by atoms with Crippen LogP contribution in [0.1, 0.15) is 25.7 Å². The van der Waals surface area contributed by atoms with Crippen LogP contribution in [0.5, 0.6) is 0 Å². The van der Waals surface area contributed by atoms with Crippen LogP contribution in [0.25, 0.3) is 0 Å². The Balaban J connectivity index is 4.09. The Kier molecular flexibility index (Phi) is 6.98. The SMILES string of the molecule is COC(=O)C(CCCCC#N)C(=O)OC. The number of hydrogen-bond donors (Lipinski definition) is 0. The molecule has 0 spiro atoms. The first kappa shape index (κ1) is 13.4. The fourth-order valence-electron chi connectivity index (χ4n) is 1.17. The third-order valence-electron chi connectivity index (χ3n) is 2.00. The maximum Gasteiger partial charge on any atom is 0.320 e. The number of rotatable bonds is 6. The van der Waals surface area contributed by atoms with Gasteiger partial charge in [0.15, 0.2) is 5.92 Å². The van der Waals surface area contributed by atoms with Crippen LogP contribution >= 0.6 is 0 Å². The minimum absolute atomic E-state index is 0.362. The Morgan fingerprint density at radius 3 is 2.13 bits per heavy atom. The molecular formula is C10H15NO4. The second-order valence-electron chi connectivity index (χ2n) is 3.00. The van der Waals surface area contributed by atoms with Crippen LogP contribution in [0, 0.1) is 17.2 Å². The van der Waals surface area contributed by atoms with E-state index < -0.39 is 17.9 Å². The molecule has 0 aliphatic rings. The Morgan fingerprint density at radius 1 is 1.20 bits per heavy atom. The van der Waals surface area contributed by atoms with Crippen molar-refractivity contribution < 1.29 is 19.1 Å². The number of methoxy groups -OCH3 is 2. The van der Waals surface area contributed by atoms with Crippen molar-refractivity contribution in [2.45, 2.75) is 25.7 Å². The predicted octanol–water partition coefficient (Wildman–Crippen LogP) is 1.03. The van der Waals surface area contributed by atoms with Gasteiger partial charge in [0.2, 0.25) is 0 Å². The molecule has 0 aromatic carbocycles. The molecule has 0 aromatic rings. The fraction of sp³-hybridized carbons (Fsp3) is 0.700. The first-order chi connectivity index (χ1) is 7.17. The van der Waals surface area contributed by atoms with E-state index in [4.69, 9.17) is 5.26 Å². The van der Waals surface area contributed by atoms with Gasteiger partial charge in [-0.3, -0.25) is 9.59 Å². The standard InChI is InChI=1S/C10H15NO4/c1-14-9(12)8(10(13)15-2)6-4-3-5-7-11/h8H,3-6H2,1-2H3. The summed E-state index contributed by atoms with van der Waals surface area (Å²) in [7, 11) is 2.46. The summed E-state index contributed by atoms with van der Waals surface area (Å²) in [5, 5.41) is 8.31. The lowest BCUT2D eigenvalue weighted by Crippen LogP contribution is -2.26. The van der Waals surface area contributed by atoms with Crippen LogP contribution in [0.3, 0.4) is 0 Å². The van der Waals surface area contributed by atoms with E-state index in [2.05, 4.69) is 9.47 Å². The normalized spacial score (nSPS) is 9.47. The monoisotopic (exact) mass is 213 g/mol. The minimum Gasteiger partial charge on any atom is -0.468 e. The summed E-state index contributed by atoms with van der Waals surface area (Å²) in [6.45, 7) is 0. The number of hydrogen-bond acceptors (Lipinski definition) is 5. The molecule has 15 heavy (non-hydrogen) atoms. The molecule has 0 heterocycles. The molecule has 0 aliphatic carbocycles. The molecule has 0 saturated carbocycles. The highest BCUT2D eigenvalue weighted by atomic mass is 16.5. The summed E-state index contributed by atoms with van der Waals surface area (Å²) in [5.74, 6) is -2.03. The van der Waals surface area contributed by atoms with E-state index >= 15 is 0 Å². The zero-order valence-electron chi connectivity index (χ0n) is 8.99. The van der Waals surface area contributed by atoms with Crippen molar-refractivity contribution in [3.05, 3.63) is 0 Å². The molecular weight excluding hydrogens is 198 g/mol. The van der Waals surface area contributed by atoms with Crippen LogP contribution in [0.15, 0.2) is 0 Å². The van der Waals surface area contributed by atoms with Gasteiger partial charge in [-0.05, 0) is 12.8 Å². The van der Waals surface area contributed by atoms with Crippen molar-refractivity contribution in [2.75, 3.05) is 14.2 Å². The first-order valence-electron chi connectivity index (χ1n) is 4.70. The van der Waals surface area contributed by atoms with E-state index in [9.17, 15) is 9.59 Å². The van der Waals surface area contributed by atoms with E-state index in [-0.39, 0.29) is 0 Å². The second-order valence-corrected chi connectivity index (χ2v) is 3.00. The Bertz CT molecular complexity index is 241. The molecule has 0 rings (SSSR count). The number of nitriles is 1. The van der Waals surface area contributed by atoms with Crippen LogP contribution in [0.2, 0.25) is 0 Å². The minimum atomic E-state index is -0.862. The van der Waals surface area contributed by atoms with E-state index in [0.29, 0.717) is 25.7 Å². The van der Waals surface area contributed by atoms with E-state index in [1.54, 1.807) is 0 Å². The van der Waals surface area contributed by atoms with Gasteiger partial charge in [0.05, 0.1) is 20.3 Å². The van der Waals surface area contributed by atoms with Gasteiger partial charge in [0.25, 0.3) is 0 Å². The highest BCUT2D eigenvalue weighted by Gasteiger charge is 2.27. The van der Waals surface area contributed by atoms with Crippen molar-refractivity contribution in [3.63, 3.8) is 0 Å². The van der Waals surface area contributed by atoms with Gasteiger partial charge in [-0.15, -0.1) is 0 Å². The molecule has 84 valence electrons. The predicted molar refractivity (Wildman–Crippen MR) is 51.6 cm³/mol. The van der Waals surface area contributed by atoms with Crippen LogP contribution in [-0.4, -0.2) is 26.2 Å². The number of ether oxygens (including phenoxy) is 2. The van der Waals surface area contributed by atoms with Gasteiger partial charge in [-0.1, -0.05) is 6.42 Å². The summed E-state index contributed by atoms with van der Waals surface area (Å²) < 4.78 is 8.98. The molecule has 5 nitrogen and oxygen atoms in total. The highest BCUT2D eigenvalue weighted by molar-refractivity contribution is 5.94. The van der Waals surface area contributed by atoms with Crippen molar-refractivity contribution in [1.82, 2.24) is 0 Å². The average molecular weight is 213 g/mol. The average Bonchev–Trinajstić information content (AvgIpc) is 2.27. The Morgan fingerprint density at radius 2 is 1.73 bits per heavy atom. The molecule has 0 bridgehead atoms. The summed E-state index contributed by atoms with van der Waals surface area (Å²) >= 11 is 0. The molecule has 0 N–H and O–H groups in total. The van der Waals surface area contributed by atoms with Crippen molar-refractivity contribution >= 4 is 11.9 Å². The number of carbonyl (C=O) groups is 2. The summed E-state index contributed by atoms with van der Waals surface area (Å²) in [6.07, 6.45) is 2.08. The zero-order chi connectivity index (χ0) is 11.7. The quantitative estimate of drug-likeness (QED) is 0.374. The van der Waals surface area contributed by atoms with Gasteiger partial charge in [-0.2, -0.15) is 5.26 Å². The second kappa shape index (κ2) is 7.80. The molecule has 0 radical (unpaired) electrons. The van der Waals surface area contributed by atoms with Gasteiger partial charge in [0.1, 0.15) is 0 Å². The van der Waals surface area contributed by atoms with E-state index in [0.717, 1.165) is 0 Å². The maximum absolute atomic E-state index is 11.2. The molecule has 0 atom stereocenters. The lowest BCUT2D eigenvalue weighted by Gasteiger charge is -2.11. The Labute approximate surface area is 89.0 Å². The zero-order valence-corrected chi connectivity index (χ0v) is 8.99. The molecule has 0 aromatic heterocycles. The van der Waals surface area contributed by atoms with Gasteiger partial charge in [-0.25, -0.2) is 0 Å².